The van der Waals surface area contributed by atoms with Crippen molar-refractivity contribution in [2.75, 3.05) is 7.11 Å². The zero-order chi connectivity index (χ0) is 13.7. The fraction of sp³-hybridized carbons (Fsp3) is 0.200. The van der Waals surface area contributed by atoms with E-state index in [2.05, 4.69) is 9.72 Å². The van der Waals surface area contributed by atoms with Crippen LogP contribution in [0.15, 0.2) is 42.6 Å². The van der Waals surface area contributed by atoms with E-state index >= 15 is 0 Å². The summed E-state index contributed by atoms with van der Waals surface area (Å²) in [6.07, 6.45) is 1.74. The predicted molar refractivity (Wildman–Crippen MR) is 71.1 cm³/mol. The van der Waals surface area contributed by atoms with Crippen LogP contribution in [0.3, 0.4) is 0 Å². The molecule has 1 heterocycles. The van der Waals surface area contributed by atoms with Gasteiger partial charge in [-0.15, -0.1) is 0 Å². The largest absolute Gasteiger partial charge is 0.487 e. The predicted octanol–water partition coefficient (Wildman–Crippen LogP) is 2.76. The number of rotatable bonds is 4. The quantitative estimate of drug-likeness (QED) is 0.790. The van der Waals surface area contributed by atoms with E-state index in [4.69, 9.17) is 4.74 Å². The van der Waals surface area contributed by atoms with Crippen LogP contribution in [0.25, 0.3) is 0 Å². The Morgan fingerprint density at radius 1 is 1.21 bits per heavy atom. The van der Waals surface area contributed by atoms with E-state index in [-0.39, 0.29) is 5.97 Å². The molecule has 2 aromatic rings. The van der Waals surface area contributed by atoms with Crippen LogP contribution in [0, 0.1) is 6.92 Å². The van der Waals surface area contributed by atoms with E-state index in [0.717, 1.165) is 11.3 Å². The first-order valence-corrected chi connectivity index (χ1v) is 5.92. The number of esters is 1. The molecule has 1 aromatic heterocycles. The monoisotopic (exact) mass is 257 g/mol. The van der Waals surface area contributed by atoms with Crippen LogP contribution in [0.5, 0.6) is 5.75 Å². The van der Waals surface area contributed by atoms with Gasteiger partial charge in [-0.25, -0.2) is 4.79 Å². The molecule has 0 aliphatic heterocycles. The summed E-state index contributed by atoms with van der Waals surface area (Å²) in [7, 11) is 1.36. The number of ether oxygens (including phenoxy) is 2. The third-order valence-corrected chi connectivity index (χ3v) is 2.77. The minimum Gasteiger partial charge on any atom is -0.487 e. The van der Waals surface area contributed by atoms with Crippen molar-refractivity contribution in [3.63, 3.8) is 0 Å². The Kier molecular flexibility index (Phi) is 4.13. The SMILES string of the molecule is COC(=O)c1ccc(OCc2ncccc2C)cc1. The molecule has 0 spiro atoms. The topological polar surface area (TPSA) is 48.4 Å². The third kappa shape index (κ3) is 3.31. The Morgan fingerprint density at radius 3 is 2.58 bits per heavy atom. The summed E-state index contributed by atoms with van der Waals surface area (Å²) >= 11 is 0. The Morgan fingerprint density at radius 2 is 1.95 bits per heavy atom. The Hall–Kier alpha value is -2.36. The standard InChI is InChI=1S/C15H15NO3/c1-11-4-3-9-16-14(11)10-19-13-7-5-12(6-8-13)15(17)18-2/h3-9H,10H2,1-2H3. The average Bonchev–Trinajstić information content (AvgIpc) is 2.46. The van der Waals surface area contributed by atoms with Crippen molar-refractivity contribution in [3.8, 4) is 5.75 Å². The molecule has 4 heteroatoms. The molecule has 0 aliphatic carbocycles. The maximum atomic E-state index is 11.3. The molecule has 19 heavy (non-hydrogen) atoms. The van der Waals surface area contributed by atoms with Crippen LogP contribution in [0.1, 0.15) is 21.6 Å². The first-order valence-electron chi connectivity index (χ1n) is 5.92. The summed E-state index contributed by atoms with van der Waals surface area (Å²) in [6.45, 7) is 2.40. The highest BCUT2D eigenvalue weighted by Crippen LogP contribution is 2.15. The van der Waals surface area contributed by atoms with Gasteiger partial charge in [0.2, 0.25) is 0 Å². The van der Waals surface area contributed by atoms with Crippen LogP contribution < -0.4 is 4.74 Å². The van der Waals surface area contributed by atoms with Gasteiger partial charge in [-0.1, -0.05) is 6.07 Å². The lowest BCUT2D eigenvalue weighted by Crippen LogP contribution is -2.02. The molecule has 0 saturated carbocycles. The molecule has 98 valence electrons. The fourth-order valence-corrected chi connectivity index (χ4v) is 1.63. The fourth-order valence-electron chi connectivity index (χ4n) is 1.63. The van der Waals surface area contributed by atoms with Gasteiger partial charge in [0.05, 0.1) is 18.4 Å². The van der Waals surface area contributed by atoms with E-state index in [9.17, 15) is 4.79 Å². The molecule has 0 unspecified atom stereocenters. The Balaban J connectivity index is 2.01. The number of hydrogen-bond donors (Lipinski definition) is 0. The van der Waals surface area contributed by atoms with Gasteiger partial charge >= 0.3 is 5.97 Å². The average molecular weight is 257 g/mol. The van der Waals surface area contributed by atoms with Crippen molar-refractivity contribution in [3.05, 3.63) is 59.4 Å². The van der Waals surface area contributed by atoms with Crippen LogP contribution in [-0.2, 0) is 11.3 Å². The molecule has 0 saturated heterocycles. The van der Waals surface area contributed by atoms with Crippen molar-refractivity contribution in [1.82, 2.24) is 4.98 Å². The second-order valence-corrected chi connectivity index (χ2v) is 4.07. The van der Waals surface area contributed by atoms with Gasteiger partial charge < -0.3 is 9.47 Å². The van der Waals surface area contributed by atoms with E-state index in [1.54, 1.807) is 30.5 Å². The molecule has 0 radical (unpaired) electrons. The molecule has 0 amide bonds. The molecule has 0 N–H and O–H groups in total. The van der Waals surface area contributed by atoms with E-state index in [0.29, 0.717) is 17.9 Å². The van der Waals surface area contributed by atoms with Gasteiger partial charge in [0.1, 0.15) is 12.4 Å². The Bertz CT molecular complexity index is 564. The van der Waals surface area contributed by atoms with Crippen molar-refractivity contribution >= 4 is 5.97 Å². The number of aryl methyl sites for hydroxylation is 1. The summed E-state index contributed by atoms with van der Waals surface area (Å²) < 4.78 is 10.3. The number of carbonyl (C=O) groups excluding carboxylic acids is 1. The molecule has 2 rings (SSSR count). The summed E-state index contributed by atoms with van der Waals surface area (Å²) in [5.41, 5.74) is 2.50. The van der Waals surface area contributed by atoms with Crippen LogP contribution in [-0.4, -0.2) is 18.1 Å². The number of hydrogen-bond acceptors (Lipinski definition) is 4. The van der Waals surface area contributed by atoms with Gasteiger partial charge in [-0.05, 0) is 42.8 Å². The summed E-state index contributed by atoms with van der Waals surface area (Å²) in [6, 6.07) is 10.7. The highest BCUT2D eigenvalue weighted by Gasteiger charge is 2.05. The maximum absolute atomic E-state index is 11.3. The minimum atomic E-state index is -0.355. The molecule has 1 aromatic carbocycles. The number of methoxy groups -OCH3 is 1. The van der Waals surface area contributed by atoms with Crippen LogP contribution >= 0.6 is 0 Å². The second kappa shape index (κ2) is 6.00. The van der Waals surface area contributed by atoms with Gasteiger partial charge in [0, 0.05) is 6.20 Å². The molecule has 4 nitrogen and oxygen atoms in total. The first kappa shape index (κ1) is 13.1. The zero-order valence-electron chi connectivity index (χ0n) is 10.9. The summed E-state index contributed by atoms with van der Waals surface area (Å²) in [4.78, 5) is 15.5. The lowest BCUT2D eigenvalue weighted by Gasteiger charge is -2.08. The number of pyridine rings is 1. The number of benzene rings is 1. The molecule has 0 fully saturated rings. The van der Waals surface area contributed by atoms with Crippen molar-refractivity contribution in [2.24, 2.45) is 0 Å². The lowest BCUT2D eigenvalue weighted by atomic mass is 10.2. The van der Waals surface area contributed by atoms with Crippen molar-refractivity contribution in [2.45, 2.75) is 13.5 Å². The third-order valence-electron chi connectivity index (χ3n) is 2.77. The number of carbonyl (C=O) groups is 1. The van der Waals surface area contributed by atoms with Crippen molar-refractivity contribution < 1.29 is 14.3 Å². The maximum Gasteiger partial charge on any atom is 0.337 e. The van der Waals surface area contributed by atoms with E-state index < -0.39 is 0 Å². The van der Waals surface area contributed by atoms with Gasteiger partial charge in [0.15, 0.2) is 0 Å². The number of nitrogens with zero attached hydrogens (tertiary/aromatic N) is 1. The van der Waals surface area contributed by atoms with Gasteiger partial charge in [-0.2, -0.15) is 0 Å². The minimum absolute atomic E-state index is 0.355. The zero-order valence-corrected chi connectivity index (χ0v) is 10.9. The van der Waals surface area contributed by atoms with Gasteiger partial charge in [0.25, 0.3) is 0 Å². The summed E-state index contributed by atoms with van der Waals surface area (Å²) in [5, 5.41) is 0. The molecule has 0 bridgehead atoms. The highest BCUT2D eigenvalue weighted by atomic mass is 16.5. The van der Waals surface area contributed by atoms with E-state index in [1.165, 1.54) is 7.11 Å². The van der Waals surface area contributed by atoms with Crippen LogP contribution in [0.2, 0.25) is 0 Å². The Labute approximate surface area is 112 Å². The van der Waals surface area contributed by atoms with Gasteiger partial charge in [-0.3, -0.25) is 4.98 Å². The van der Waals surface area contributed by atoms with E-state index in [1.807, 2.05) is 19.1 Å². The number of aromatic nitrogens is 1. The smallest absolute Gasteiger partial charge is 0.337 e. The normalized spacial score (nSPS) is 10.0. The molecule has 0 aliphatic rings. The molecular weight excluding hydrogens is 242 g/mol. The molecule has 0 atom stereocenters. The first-order chi connectivity index (χ1) is 9.20. The van der Waals surface area contributed by atoms with Crippen LogP contribution in [0.4, 0.5) is 0 Å². The second-order valence-electron chi connectivity index (χ2n) is 4.07. The summed E-state index contributed by atoms with van der Waals surface area (Å²) in [5.74, 6) is 0.338. The lowest BCUT2D eigenvalue weighted by molar-refractivity contribution is 0.0600. The highest BCUT2D eigenvalue weighted by molar-refractivity contribution is 5.89. The van der Waals surface area contributed by atoms with Crippen molar-refractivity contribution in [1.29, 1.82) is 0 Å². The molecular formula is C15H15NO3.